The van der Waals surface area contributed by atoms with Gasteiger partial charge in [0.15, 0.2) is 23.1 Å². The first-order valence-electron chi connectivity index (χ1n) is 9.67. The predicted octanol–water partition coefficient (Wildman–Crippen LogP) is 3.28. The van der Waals surface area contributed by atoms with E-state index < -0.39 is 6.09 Å². The lowest BCUT2D eigenvalue weighted by Gasteiger charge is -2.21. The molecule has 0 unspecified atom stereocenters. The Morgan fingerprint density at radius 2 is 2.00 bits per heavy atom. The minimum Gasteiger partial charge on any atom is -0.446 e. The molecule has 4 rings (SSSR count). The molecule has 12 heteroatoms. The van der Waals surface area contributed by atoms with Crippen LogP contribution in [0.1, 0.15) is 18.7 Å². The number of anilines is 3. The summed E-state index contributed by atoms with van der Waals surface area (Å²) < 4.78 is 20.7. The number of nitrogens with zero attached hydrogens (tertiary/aromatic N) is 6. The first-order chi connectivity index (χ1) is 15.3. The minimum atomic E-state index is -0.633. The van der Waals surface area contributed by atoms with Gasteiger partial charge in [0.2, 0.25) is 0 Å². The van der Waals surface area contributed by atoms with E-state index in [-0.39, 0.29) is 41.6 Å². The Morgan fingerprint density at radius 1 is 1.28 bits per heavy atom. The Bertz CT molecular complexity index is 1280. The number of aromatic nitrogens is 5. The molecule has 0 bridgehead atoms. The quantitative estimate of drug-likeness (QED) is 0.467. The number of halogens is 1. The summed E-state index contributed by atoms with van der Waals surface area (Å²) >= 11 is 1.29. The van der Waals surface area contributed by atoms with E-state index >= 15 is 0 Å². The SMILES string of the molecule is CC(C)OC(=O)N(C)c1c(N)nc(-c2nn(Cc3sccc3F)c3ncccc23)nc1N. The van der Waals surface area contributed by atoms with Crippen molar-refractivity contribution in [3.8, 4) is 11.5 Å². The molecule has 0 aliphatic carbocycles. The molecular formula is C20H21FN8O2S. The molecule has 32 heavy (non-hydrogen) atoms. The van der Waals surface area contributed by atoms with Gasteiger partial charge in [0.1, 0.15) is 17.2 Å². The number of fused-ring (bicyclic) bond motifs is 1. The largest absolute Gasteiger partial charge is 0.446 e. The van der Waals surface area contributed by atoms with Crippen LogP contribution in [0.4, 0.5) is 26.5 Å². The van der Waals surface area contributed by atoms with E-state index in [1.54, 1.807) is 36.2 Å². The predicted molar refractivity (Wildman–Crippen MR) is 121 cm³/mol. The lowest BCUT2D eigenvalue weighted by molar-refractivity contribution is 0.124. The normalized spacial score (nSPS) is 11.3. The van der Waals surface area contributed by atoms with Crippen molar-refractivity contribution in [2.24, 2.45) is 0 Å². The summed E-state index contributed by atoms with van der Waals surface area (Å²) in [6.45, 7) is 3.66. The summed E-state index contributed by atoms with van der Waals surface area (Å²) in [4.78, 5) is 27.0. The van der Waals surface area contributed by atoms with Crippen molar-refractivity contribution in [1.82, 2.24) is 24.7 Å². The lowest BCUT2D eigenvalue weighted by Crippen LogP contribution is -2.31. The zero-order valence-electron chi connectivity index (χ0n) is 17.6. The number of hydrogen-bond acceptors (Lipinski definition) is 9. The summed E-state index contributed by atoms with van der Waals surface area (Å²) in [6, 6.07) is 4.96. The summed E-state index contributed by atoms with van der Waals surface area (Å²) in [6.07, 6.45) is 0.673. The monoisotopic (exact) mass is 456 g/mol. The van der Waals surface area contributed by atoms with Gasteiger partial charge in [-0.05, 0) is 37.4 Å². The number of carbonyl (C=O) groups is 1. The van der Waals surface area contributed by atoms with Crippen LogP contribution < -0.4 is 16.4 Å². The van der Waals surface area contributed by atoms with Gasteiger partial charge in [0, 0.05) is 13.2 Å². The maximum absolute atomic E-state index is 14.0. The number of rotatable bonds is 5. The molecule has 4 heterocycles. The highest BCUT2D eigenvalue weighted by atomic mass is 32.1. The second-order valence-electron chi connectivity index (χ2n) is 7.23. The maximum atomic E-state index is 14.0. The fraction of sp³-hybridized carbons (Fsp3) is 0.250. The second-order valence-corrected chi connectivity index (χ2v) is 8.23. The number of nitrogens with two attached hydrogens (primary N) is 2. The summed E-state index contributed by atoms with van der Waals surface area (Å²) in [7, 11) is 1.47. The number of ether oxygens (including phenoxy) is 1. The Kier molecular flexibility index (Phi) is 5.61. The van der Waals surface area contributed by atoms with Crippen molar-refractivity contribution < 1.29 is 13.9 Å². The van der Waals surface area contributed by atoms with Crippen LogP contribution in [0.3, 0.4) is 0 Å². The standard InChI is InChI=1S/C20H21FN8O2S/c1-10(2)31-20(30)28(3)15-16(22)25-18(26-17(15)23)14-11-5-4-7-24-19(11)29(27-14)9-13-12(21)6-8-32-13/h4-8,10H,9H2,1-3H3,(H4,22,23,25,26). The average molecular weight is 457 g/mol. The Hall–Kier alpha value is -3.80. The Balaban J connectivity index is 1.76. The fourth-order valence-electron chi connectivity index (χ4n) is 3.17. The zero-order chi connectivity index (χ0) is 23.0. The molecule has 0 atom stereocenters. The van der Waals surface area contributed by atoms with Crippen molar-refractivity contribution in [3.05, 3.63) is 40.5 Å². The van der Waals surface area contributed by atoms with E-state index in [0.717, 1.165) is 4.90 Å². The van der Waals surface area contributed by atoms with Gasteiger partial charge in [-0.2, -0.15) is 5.10 Å². The van der Waals surface area contributed by atoms with Crippen LogP contribution in [0.15, 0.2) is 29.8 Å². The van der Waals surface area contributed by atoms with Crippen molar-refractivity contribution in [2.45, 2.75) is 26.5 Å². The Morgan fingerprint density at radius 3 is 2.62 bits per heavy atom. The Labute approximate surface area is 186 Å². The van der Waals surface area contributed by atoms with Crippen molar-refractivity contribution in [2.75, 3.05) is 23.4 Å². The van der Waals surface area contributed by atoms with E-state index in [2.05, 4.69) is 20.1 Å². The van der Waals surface area contributed by atoms with E-state index in [4.69, 9.17) is 16.2 Å². The molecule has 0 radical (unpaired) electrons. The van der Waals surface area contributed by atoms with E-state index in [1.807, 2.05) is 6.07 Å². The van der Waals surface area contributed by atoms with E-state index in [0.29, 0.717) is 21.6 Å². The first kappa shape index (κ1) is 21.4. The molecule has 0 saturated carbocycles. The second kappa shape index (κ2) is 8.38. The molecule has 0 fully saturated rings. The zero-order valence-corrected chi connectivity index (χ0v) is 18.4. The van der Waals surface area contributed by atoms with Crippen molar-refractivity contribution in [1.29, 1.82) is 0 Å². The van der Waals surface area contributed by atoms with Crippen LogP contribution in [0.25, 0.3) is 22.6 Å². The summed E-state index contributed by atoms with van der Waals surface area (Å²) in [5, 5.41) is 6.89. The van der Waals surface area contributed by atoms with Gasteiger partial charge in [-0.3, -0.25) is 4.90 Å². The average Bonchev–Trinajstić information content (AvgIpc) is 3.31. The molecule has 4 aromatic heterocycles. The number of pyridine rings is 1. The van der Waals surface area contributed by atoms with Crippen LogP contribution in [-0.2, 0) is 11.3 Å². The molecule has 4 aromatic rings. The number of nitrogen functional groups attached to an aromatic ring is 2. The lowest BCUT2D eigenvalue weighted by atomic mass is 10.2. The summed E-state index contributed by atoms with van der Waals surface area (Å²) in [5.41, 5.74) is 13.3. The molecule has 0 aliphatic rings. The number of hydrogen-bond donors (Lipinski definition) is 2. The molecule has 1 amide bonds. The third kappa shape index (κ3) is 3.91. The van der Waals surface area contributed by atoms with Crippen LogP contribution in [-0.4, -0.2) is 44.0 Å². The van der Waals surface area contributed by atoms with Crippen LogP contribution in [0.5, 0.6) is 0 Å². The highest BCUT2D eigenvalue weighted by Gasteiger charge is 2.24. The number of thiophene rings is 1. The van der Waals surface area contributed by atoms with Gasteiger partial charge < -0.3 is 16.2 Å². The van der Waals surface area contributed by atoms with Gasteiger partial charge >= 0.3 is 6.09 Å². The highest BCUT2D eigenvalue weighted by molar-refractivity contribution is 7.09. The number of carbonyl (C=O) groups excluding carboxylic acids is 1. The van der Waals surface area contributed by atoms with Gasteiger partial charge in [-0.15, -0.1) is 11.3 Å². The third-order valence-electron chi connectivity index (χ3n) is 4.59. The first-order valence-corrected chi connectivity index (χ1v) is 10.5. The van der Waals surface area contributed by atoms with Crippen LogP contribution in [0.2, 0.25) is 0 Å². The van der Waals surface area contributed by atoms with Crippen LogP contribution in [0, 0.1) is 5.82 Å². The third-order valence-corrected chi connectivity index (χ3v) is 5.47. The smallest absolute Gasteiger partial charge is 0.414 e. The number of amides is 1. The van der Waals surface area contributed by atoms with Crippen LogP contribution >= 0.6 is 11.3 Å². The van der Waals surface area contributed by atoms with Gasteiger partial charge in [-0.1, -0.05) is 0 Å². The molecule has 166 valence electrons. The fourth-order valence-corrected chi connectivity index (χ4v) is 3.90. The molecule has 0 spiro atoms. The molecule has 10 nitrogen and oxygen atoms in total. The van der Waals surface area contributed by atoms with Gasteiger partial charge in [0.05, 0.1) is 22.9 Å². The van der Waals surface area contributed by atoms with Gasteiger partial charge in [0.25, 0.3) is 0 Å². The maximum Gasteiger partial charge on any atom is 0.414 e. The molecule has 0 saturated heterocycles. The van der Waals surface area contributed by atoms with E-state index in [1.165, 1.54) is 24.5 Å². The van der Waals surface area contributed by atoms with E-state index in [9.17, 15) is 9.18 Å². The highest BCUT2D eigenvalue weighted by Crippen LogP contribution is 2.32. The van der Waals surface area contributed by atoms with Gasteiger partial charge in [-0.25, -0.2) is 28.8 Å². The molecule has 4 N–H and O–H groups in total. The molecule has 0 aromatic carbocycles. The van der Waals surface area contributed by atoms with Crippen molar-refractivity contribution in [3.63, 3.8) is 0 Å². The topological polar surface area (TPSA) is 138 Å². The molecular weight excluding hydrogens is 435 g/mol. The summed E-state index contributed by atoms with van der Waals surface area (Å²) in [5.74, 6) is -0.155. The minimum absolute atomic E-state index is 0.00778. The van der Waals surface area contributed by atoms with Crippen molar-refractivity contribution >= 4 is 45.8 Å². The molecule has 0 aliphatic heterocycles.